The number of nitrogens with zero attached hydrogens (tertiary/aromatic N) is 5. The minimum Gasteiger partial charge on any atom is -0.482 e. The third-order valence-corrected chi connectivity index (χ3v) is 5.11. The van der Waals surface area contributed by atoms with Crippen molar-refractivity contribution in [2.45, 2.75) is 32.7 Å². The molecule has 170 valence electrons. The Morgan fingerprint density at radius 3 is 2.81 bits per heavy atom. The van der Waals surface area contributed by atoms with E-state index in [2.05, 4.69) is 40.4 Å². The van der Waals surface area contributed by atoms with Crippen LogP contribution in [0, 0.1) is 0 Å². The Kier molecular flexibility index (Phi) is 9.15. The number of carbonyl (C=O) groups is 1. The minimum absolute atomic E-state index is 0. The van der Waals surface area contributed by atoms with Gasteiger partial charge in [0.25, 0.3) is 5.91 Å². The van der Waals surface area contributed by atoms with E-state index >= 15 is 0 Å². The number of ether oxygens (including phenoxy) is 1. The fraction of sp³-hybridized carbons (Fsp3) is 0.500. The molecule has 0 saturated carbocycles. The lowest BCUT2D eigenvalue weighted by Crippen LogP contribution is -2.42. The molecular formula is C22H33IN6O2. The van der Waals surface area contributed by atoms with Crippen molar-refractivity contribution in [2.24, 2.45) is 12.0 Å². The van der Waals surface area contributed by atoms with E-state index in [0.717, 1.165) is 36.1 Å². The number of benzene rings is 1. The average molecular weight is 540 g/mol. The highest BCUT2D eigenvalue weighted by Gasteiger charge is 2.24. The van der Waals surface area contributed by atoms with Gasteiger partial charge in [-0.15, -0.1) is 24.0 Å². The van der Waals surface area contributed by atoms with Crippen molar-refractivity contribution >= 4 is 41.5 Å². The molecule has 1 N–H and O–H groups in total. The van der Waals surface area contributed by atoms with Gasteiger partial charge in [-0.3, -0.25) is 14.5 Å². The first-order valence-electron chi connectivity index (χ1n) is 10.4. The summed E-state index contributed by atoms with van der Waals surface area (Å²) in [5, 5.41) is 7.99. The normalized spacial score (nSPS) is 13.5. The molecule has 9 heteroatoms. The molecule has 3 rings (SSSR count). The quantitative estimate of drug-likeness (QED) is 0.253. The Morgan fingerprint density at radius 2 is 2.10 bits per heavy atom. The zero-order valence-corrected chi connectivity index (χ0v) is 21.3. The van der Waals surface area contributed by atoms with E-state index in [0.29, 0.717) is 19.0 Å². The maximum atomic E-state index is 12.3. The first-order valence-corrected chi connectivity index (χ1v) is 10.4. The smallest absolute Gasteiger partial charge is 0.265 e. The summed E-state index contributed by atoms with van der Waals surface area (Å²) >= 11 is 0. The zero-order valence-electron chi connectivity index (χ0n) is 19.0. The Morgan fingerprint density at radius 1 is 1.35 bits per heavy atom. The van der Waals surface area contributed by atoms with Crippen molar-refractivity contribution in [2.75, 3.05) is 38.7 Å². The standard InChI is InChI=1S/C22H32N6O2.HI/c1-16(2)21-17(14-27(5)25-21)13-26(4)22(23-3)24-11-8-12-28-18-9-6-7-10-19(18)30-15-20(28)29;/h6-7,9-10,14,16H,8,11-13,15H2,1-5H3,(H,23,24);1H. The van der Waals surface area contributed by atoms with Crippen molar-refractivity contribution < 1.29 is 9.53 Å². The summed E-state index contributed by atoms with van der Waals surface area (Å²) in [6, 6.07) is 7.66. The molecule has 0 atom stereocenters. The molecule has 1 aliphatic heterocycles. The lowest BCUT2D eigenvalue weighted by atomic mass is 10.1. The molecule has 0 radical (unpaired) electrons. The molecule has 2 aromatic rings. The van der Waals surface area contributed by atoms with Gasteiger partial charge in [-0.1, -0.05) is 26.0 Å². The van der Waals surface area contributed by atoms with Crippen LogP contribution in [0.2, 0.25) is 0 Å². The summed E-state index contributed by atoms with van der Waals surface area (Å²) in [6.45, 7) is 6.49. The van der Waals surface area contributed by atoms with Crippen LogP contribution >= 0.6 is 24.0 Å². The van der Waals surface area contributed by atoms with Crippen molar-refractivity contribution in [1.82, 2.24) is 20.0 Å². The molecule has 1 aliphatic rings. The largest absolute Gasteiger partial charge is 0.482 e. The Hall–Kier alpha value is -2.30. The number of para-hydroxylation sites is 2. The fourth-order valence-corrected chi connectivity index (χ4v) is 3.71. The summed E-state index contributed by atoms with van der Waals surface area (Å²) in [7, 11) is 5.76. The van der Waals surface area contributed by atoms with Gasteiger partial charge >= 0.3 is 0 Å². The summed E-state index contributed by atoms with van der Waals surface area (Å²) in [5.41, 5.74) is 3.16. The van der Waals surface area contributed by atoms with Gasteiger partial charge in [0.05, 0.1) is 11.4 Å². The number of halogens is 1. The van der Waals surface area contributed by atoms with Gasteiger partial charge in [-0.2, -0.15) is 5.10 Å². The van der Waals surface area contributed by atoms with Crippen molar-refractivity contribution in [1.29, 1.82) is 0 Å². The number of carbonyl (C=O) groups excluding carboxylic acids is 1. The van der Waals surface area contributed by atoms with Crippen molar-refractivity contribution in [3.63, 3.8) is 0 Å². The second kappa shape index (κ2) is 11.4. The van der Waals surface area contributed by atoms with E-state index in [1.54, 1.807) is 11.9 Å². The second-order valence-electron chi connectivity index (χ2n) is 7.85. The summed E-state index contributed by atoms with van der Waals surface area (Å²) in [6.07, 6.45) is 2.87. The van der Waals surface area contributed by atoms with Crippen LogP contribution in [0.15, 0.2) is 35.5 Å². The Balaban J connectivity index is 0.00000341. The molecule has 1 aromatic heterocycles. The number of rotatable bonds is 7. The predicted molar refractivity (Wildman–Crippen MR) is 134 cm³/mol. The molecule has 1 aromatic carbocycles. The van der Waals surface area contributed by atoms with E-state index in [-0.39, 0.29) is 36.5 Å². The number of nitrogens with one attached hydrogen (secondary N) is 1. The highest BCUT2D eigenvalue weighted by molar-refractivity contribution is 14.0. The molecule has 0 aliphatic carbocycles. The number of hydrogen-bond acceptors (Lipinski definition) is 4. The number of aromatic nitrogens is 2. The third kappa shape index (κ3) is 6.11. The van der Waals surface area contributed by atoms with E-state index < -0.39 is 0 Å². The maximum absolute atomic E-state index is 12.3. The molecule has 2 heterocycles. The van der Waals surface area contributed by atoms with Crippen LogP contribution < -0.4 is 15.0 Å². The lowest BCUT2D eigenvalue weighted by Gasteiger charge is -2.29. The van der Waals surface area contributed by atoms with Crippen molar-refractivity contribution in [3.05, 3.63) is 41.7 Å². The van der Waals surface area contributed by atoms with E-state index in [9.17, 15) is 4.79 Å². The average Bonchev–Trinajstić information content (AvgIpc) is 3.09. The van der Waals surface area contributed by atoms with Crippen LogP contribution in [0.25, 0.3) is 0 Å². The molecular weight excluding hydrogens is 507 g/mol. The Bertz CT molecular complexity index is 911. The molecule has 1 amide bonds. The highest BCUT2D eigenvalue weighted by atomic mass is 127. The Labute approximate surface area is 201 Å². The number of anilines is 1. The van der Waals surface area contributed by atoms with E-state index in [1.165, 1.54) is 5.56 Å². The molecule has 0 unspecified atom stereocenters. The van der Waals surface area contributed by atoms with Crippen molar-refractivity contribution in [3.8, 4) is 5.75 Å². The first kappa shape index (κ1) is 25.0. The molecule has 8 nitrogen and oxygen atoms in total. The number of aliphatic imine (C=N–C) groups is 1. The van der Waals surface area contributed by atoms with Crippen LogP contribution in [0.4, 0.5) is 5.69 Å². The third-order valence-electron chi connectivity index (χ3n) is 5.11. The fourth-order valence-electron chi connectivity index (χ4n) is 3.71. The molecule has 0 spiro atoms. The highest BCUT2D eigenvalue weighted by Crippen LogP contribution is 2.31. The number of fused-ring (bicyclic) bond motifs is 1. The topological polar surface area (TPSA) is 75.0 Å². The van der Waals surface area contributed by atoms with Crippen LogP contribution in [0.1, 0.15) is 37.4 Å². The molecule has 31 heavy (non-hydrogen) atoms. The molecule has 0 saturated heterocycles. The minimum atomic E-state index is -0.00649. The number of guanidine groups is 1. The van der Waals surface area contributed by atoms with Gasteiger partial charge < -0.3 is 19.9 Å². The van der Waals surface area contributed by atoms with Gasteiger partial charge in [-0.25, -0.2) is 0 Å². The van der Waals surface area contributed by atoms with Crippen LogP contribution in [0.5, 0.6) is 5.75 Å². The zero-order chi connectivity index (χ0) is 21.7. The SMILES string of the molecule is CN=C(NCCCN1C(=O)COc2ccccc21)N(C)Cc1cn(C)nc1C(C)C.I. The monoisotopic (exact) mass is 540 g/mol. The predicted octanol–water partition coefficient (Wildman–Crippen LogP) is 2.98. The van der Waals surface area contributed by atoms with Gasteiger partial charge in [0.2, 0.25) is 0 Å². The van der Waals surface area contributed by atoms with Gasteiger partial charge in [0.1, 0.15) is 5.75 Å². The number of amides is 1. The van der Waals surface area contributed by atoms with Crippen LogP contribution in [-0.2, 0) is 18.4 Å². The maximum Gasteiger partial charge on any atom is 0.265 e. The summed E-state index contributed by atoms with van der Waals surface area (Å²) in [4.78, 5) is 20.6. The molecule has 0 bridgehead atoms. The van der Waals surface area contributed by atoms with Gasteiger partial charge in [-0.05, 0) is 24.5 Å². The second-order valence-corrected chi connectivity index (χ2v) is 7.85. The van der Waals surface area contributed by atoms with Crippen LogP contribution in [-0.4, -0.2) is 60.3 Å². The lowest BCUT2D eigenvalue weighted by molar-refractivity contribution is -0.121. The summed E-state index contributed by atoms with van der Waals surface area (Å²) < 4.78 is 7.37. The van der Waals surface area contributed by atoms with E-state index in [1.807, 2.05) is 43.0 Å². The van der Waals surface area contributed by atoms with Gasteiger partial charge in [0, 0.05) is 52.5 Å². The van der Waals surface area contributed by atoms with E-state index in [4.69, 9.17) is 4.74 Å². The number of hydrogen-bond donors (Lipinski definition) is 1. The first-order chi connectivity index (χ1) is 14.4. The van der Waals surface area contributed by atoms with Crippen LogP contribution in [0.3, 0.4) is 0 Å². The molecule has 0 fully saturated rings. The van der Waals surface area contributed by atoms with Gasteiger partial charge in [0.15, 0.2) is 12.6 Å². The summed E-state index contributed by atoms with van der Waals surface area (Å²) in [5.74, 6) is 1.95. The number of aryl methyl sites for hydroxylation is 1.